The zero-order chi connectivity index (χ0) is 25.6. The van der Waals surface area contributed by atoms with E-state index >= 15 is 0 Å². The van der Waals surface area contributed by atoms with Crippen LogP contribution in [0.4, 0.5) is 26.3 Å². The van der Waals surface area contributed by atoms with Gasteiger partial charge in [0.05, 0.1) is 16.7 Å². The van der Waals surface area contributed by atoms with E-state index in [-0.39, 0.29) is 42.6 Å². The summed E-state index contributed by atoms with van der Waals surface area (Å²) in [6.07, 6.45) is -6.14. The summed E-state index contributed by atoms with van der Waals surface area (Å²) in [7, 11) is 0. The summed E-state index contributed by atoms with van der Waals surface area (Å²) in [6, 6.07) is 4.11. The smallest absolute Gasteiger partial charge is 0.366 e. The van der Waals surface area contributed by atoms with Crippen molar-refractivity contribution in [1.29, 1.82) is 0 Å². The maximum atomic E-state index is 13.9. The highest BCUT2D eigenvalue weighted by molar-refractivity contribution is 5.93. The zero-order valence-electron chi connectivity index (χ0n) is 18.8. The Morgan fingerprint density at radius 3 is 2.26 bits per heavy atom. The highest BCUT2D eigenvalue weighted by Crippen LogP contribution is 2.46. The van der Waals surface area contributed by atoms with Crippen LogP contribution < -0.4 is 5.73 Å². The van der Waals surface area contributed by atoms with Gasteiger partial charge < -0.3 is 10.6 Å². The molecule has 2 N–H and O–H groups in total. The van der Waals surface area contributed by atoms with Crippen LogP contribution in [0.2, 0.25) is 0 Å². The van der Waals surface area contributed by atoms with Crippen LogP contribution in [0.15, 0.2) is 47.6 Å². The van der Waals surface area contributed by atoms with Gasteiger partial charge in [-0.3, -0.25) is 14.5 Å². The van der Waals surface area contributed by atoms with Crippen LogP contribution in [-0.4, -0.2) is 53.5 Å². The van der Waals surface area contributed by atoms with Gasteiger partial charge in [0, 0.05) is 44.1 Å². The highest BCUT2D eigenvalue weighted by atomic mass is 19.4. The molecule has 1 aliphatic carbocycles. The van der Waals surface area contributed by atoms with Crippen LogP contribution in [0, 0.1) is 0 Å². The van der Waals surface area contributed by atoms with Crippen molar-refractivity contribution in [3.8, 4) is 0 Å². The molecule has 5 nitrogen and oxygen atoms in total. The lowest BCUT2D eigenvalue weighted by Crippen LogP contribution is -2.54. The number of carbonyl (C=O) groups excluding carboxylic acids is 2. The molecule has 2 aliphatic heterocycles. The van der Waals surface area contributed by atoms with Gasteiger partial charge in [0.15, 0.2) is 0 Å². The molecule has 35 heavy (non-hydrogen) atoms. The summed E-state index contributed by atoms with van der Waals surface area (Å²) in [5.41, 5.74) is 1.27. The highest BCUT2D eigenvalue weighted by Gasteiger charge is 2.47. The Balaban J connectivity index is 1.78. The number of primary amides is 1. The first-order chi connectivity index (χ1) is 16.3. The largest absolute Gasteiger partial charge is 0.416 e. The normalized spacial score (nSPS) is 25.0. The van der Waals surface area contributed by atoms with Crippen molar-refractivity contribution in [2.24, 2.45) is 5.73 Å². The monoisotopic (exact) mass is 501 g/mol. The molecular weight excluding hydrogens is 476 g/mol. The number of likely N-dealkylation sites (tertiary alicyclic amines) is 2. The molecule has 2 saturated heterocycles. The number of allylic oxidation sites excluding steroid dienone is 2. The van der Waals surface area contributed by atoms with Gasteiger partial charge in [0.1, 0.15) is 0 Å². The van der Waals surface area contributed by atoms with Crippen molar-refractivity contribution in [2.75, 3.05) is 19.6 Å². The fourth-order valence-electron chi connectivity index (χ4n) is 5.37. The van der Waals surface area contributed by atoms with Crippen molar-refractivity contribution in [3.05, 3.63) is 58.7 Å². The van der Waals surface area contributed by atoms with Crippen LogP contribution in [0.1, 0.15) is 43.2 Å². The Morgan fingerprint density at radius 1 is 1.03 bits per heavy atom. The molecule has 0 saturated carbocycles. The summed E-state index contributed by atoms with van der Waals surface area (Å²) in [5, 5.41) is 0. The Bertz CT molecular complexity index is 1070. The van der Waals surface area contributed by atoms with Gasteiger partial charge in [-0.25, -0.2) is 0 Å². The van der Waals surface area contributed by atoms with Gasteiger partial charge in [-0.15, -0.1) is 0 Å². The standard InChI is InChI=1S/C24H25F6N3O2/c25-23(26,27)17-4-1-3-16(12-17)22(13-15(21(31)35)11-18(14-22)24(28,29)30)32-9-6-19(7-10-32)33-8-2-5-20(33)34/h1,3-4,11-12,14,19H,2,5-10,13H2,(H2,31,35). The van der Waals surface area contributed by atoms with Crippen LogP contribution in [-0.2, 0) is 21.3 Å². The molecule has 1 aromatic rings. The molecule has 11 heteroatoms. The molecule has 0 radical (unpaired) electrons. The minimum atomic E-state index is -4.84. The van der Waals surface area contributed by atoms with E-state index < -0.39 is 34.9 Å². The van der Waals surface area contributed by atoms with E-state index in [4.69, 9.17) is 5.73 Å². The fourth-order valence-corrected chi connectivity index (χ4v) is 5.37. The maximum Gasteiger partial charge on any atom is 0.416 e. The summed E-state index contributed by atoms with van der Waals surface area (Å²) >= 11 is 0. The predicted octanol–water partition coefficient (Wildman–Crippen LogP) is 4.29. The number of halogens is 6. The van der Waals surface area contributed by atoms with E-state index in [0.29, 0.717) is 31.9 Å². The Labute approximate surface area is 198 Å². The van der Waals surface area contributed by atoms with Crippen molar-refractivity contribution >= 4 is 11.8 Å². The molecule has 190 valence electrons. The SMILES string of the molecule is NC(=O)C1=CC(C(F)(F)F)=CC(c2cccc(C(F)(F)F)c2)(N2CCC(N3CCCC3=O)CC2)C1. The van der Waals surface area contributed by atoms with E-state index in [2.05, 4.69) is 0 Å². The topological polar surface area (TPSA) is 66.6 Å². The van der Waals surface area contributed by atoms with Crippen LogP contribution in [0.3, 0.4) is 0 Å². The second-order valence-corrected chi connectivity index (χ2v) is 9.22. The summed E-state index contributed by atoms with van der Waals surface area (Å²) in [4.78, 5) is 27.7. The molecule has 2 fully saturated rings. The number of nitrogens with two attached hydrogens (primary N) is 1. The number of nitrogens with zero attached hydrogens (tertiary/aromatic N) is 2. The molecule has 1 atom stereocenters. The quantitative estimate of drug-likeness (QED) is 0.626. The van der Waals surface area contributed by atoms with Gasteiger partial charge >= 0.3 is 12.4 Å². The molecule has 2 heterocycles. The number of rotatable bonds is 4. The number of hydrogen-bond acceptors (Lipinski definition) is 3. The number of piperidine rings is 1. The van der Waals surface area contributed by atoms with Gasteiger partial charge in [-0.05, 0) is 49.1 Å². The molecule has 0 spiro atoms. The average molecular weight is 501 g/mol. The zero-order valence-corrected chi connectivity index (χ0v) is 18.8. The molecule has 2 amide bonds. The van der Waals surface area contributed by atoms with Crippen molar-refractivity contribution < 1.29 is 35.9 Å². The Kier molecular flexibility index (Phi) is 6.50. The Morgan fingerprint density at radius 2 is 1.71 bits per heavy atom. The van der Waals surface area contributed by atoms with E-state index in [0.717, 1.165) is 30.7 Å². The number of alkyl halides is 6. The molecule has 1 unspecified atom stereocenters. The van der Waals surface area contributed by atoms with Crippen LogP contribution >= 0.6 is 0 Å². The first-order valence-electron chi connectivity index (χ1n) is 11.3. The third-order valence-corrected chi connectivity index (χ3v) is 7.10. The Hall–Kier alpha value is -2.82. The fraction of sp³-hybridized carbons (Fsp3) is 0.500. The second-order valence-electron chi connectivity index (χ2n) is 9.22. The van der Waals surface area contributed by atoms with E-state index in [1.165, 1.54) is 6.07 Å². The van der Waals surface area contributed by atoms with Gasteiger partial charge in [-0.2, -0.15) is 26.3 Å². The molecule has 4 rings (SSSR count). The van der Waals surface area contributed by atoms with E-state index in [1.54, 1.807) is 9.80 Å². The number of benzene rings is 1. The average Bonchev–Trinajstić information content (AvgIpc) is 3.23. The second kappa shape index (κ2) is 9.00. The molecular formula is C24H25F6N3O2. The predicted molar refractivity (Wildman–Crippen MR) is 115 cm³/mol. The maximum absolute atomic E-state index is 13.9. The summed E-state index contributed by atoms with van der Waals surface area (Å²) < 4.78 is 82.1. The van der Waals surface area contributed by atoms with E-state index in [1.807, 2.05) is 0 Å². The summed E-state index contributed by atoms with van der Waals surface area (Å²) in [6.45, 7) is 1.09. The van der Waals surface area contributed by atoms with Gasteiger partial charge in [0.25, 0.3) is 0 Å². The third-order valence-electron chi connectivity index (χ3n) is 7.10. The minimum absolute atomic E-state index is 0.00313. The molecule has 0 aromatic heterocycles. The van der Waals surface area contributed by atoms with Gasteiger partial charge in [0.2, 0.25) is 11.8 Å². The van der Waals surface area contributed by atoms with Crippen molar-refractivity contribution in [3.63, 3.8) is 0 Å². The summed E-state index contributed by atoms with van der Waals surface area (Å²) in [5.74, 6) is -1.03. The van der Waals surface area contributed by atoms with Crippen molar-refractivity contribution in [2.45, 2.75) is 56.0 Å². The first-order valence-corrected chi connectivity index (χ1v) is 11.3. The van der Waals surface area contributed by atoms with Crippen molar-refractivity contribution in [1.82, 2.24) is 9.80 Å². The number of amides is 2. The number of carbonyl (C=O) groups is 2. The molecule has 1 aromatic carbocycles. The third kappa shape index (κ3) is 4.96. The minimum Gasteiger partial charge on any atom is -0.366 e. The van der Waals surface area contributed by atoms with Crippen LogP contribution in [0.25, 0.3) is 0 Å². The lowest BCUT2D eigenvalue weighted by molar-refractivity contribution is -0.137. The lowest BCUT2D eigenvalue weighted by Gasteiger charge is -2.49. The lowest BCUT2D eigenvalue weighted by atomic mass is 9.75. The van der Waals surface area contributed by atoms with Crippen LogP contribution in [0.5, 0.6) is 0 Å². The molecule has 0 bridgehead atoms. The van der Waals surface area contributed by atoms with E-state index in [9.17, 15) is 35.9 Å². The first kappa shape index (κ1) is 25.3. The number of hydrogen-bond donors (Lipinski definition) is 1. The molecule has 3 aliphatic rings. The van der Waals surface area contributed by atoms with Gasteiger partial charge in [-0.1, -0.05) is 12.1 Å².